The molecule has 18 heavy (non-hydrogen) atoms. The van der Waals surface area contributed by atoms with E-state index < -0.39 is 6.04 Å². The first-order chi connectivity index (χ1) is 8.70. The number of carbonyl (C=O) groups excluding carboxylic acids is 1. The summed E-state index contributed by atoms with van der Waals surface area (Å²) in [6.45, 7) is 5.42. The van der Waals surface area contributed by atoms with Crippen molar-refractivity contribution in [1.29, 1.82) is 0 Å². The van der Waals surface area contributed by atoms with Crippen LogP contribution in [-0.2, 0) is 14.3 Å². The van der Waals surface area contributed by atoms with Crippen molar-refractivity contribution in [1.82, 2.24) is 4.90 Å². The van der Waals surface area contributed by atoms with E-state index >= 15 is 0 Å². The minimum Gasteiger partial charge on any atom is -0.465 e. The lowest BCUT2D eigenvalue weighted by Crippen LogP contribution is -2.64. The van der Waals surface area contributed by atoms with E-state index in [2.05, 4.69) is 4.90 Å². The summed E-state index contributed by atoms with van der Waals surface area (Å²) in [7, 11) is 0. The fourth-order valence-electron chi connectivity index (χ4n) is 3.27. The van der Waals surface area contributed by atoms with Crippen molar-refractivity contribution in [3.05, 3.63) is 0 Å². The maximum atomic E-state index is 12.0. The van der Waals surface area contributed by atoms with Gasteiger partial charge in [-0.1, -0.05) is 12.8 Å². The second-order valence-electron chi connectivity index (χ2n) is 5.14. The number of nitrogens with two attached hydrogens (primary N) is 1. The highest BCUT2D eigenvalue weighted by atomic mass is 16.5. The van der Waals surface area contributed by atoms with Gasteiger partial charge < -0.3 is 15.2 Å². The first-order valence-corrected chi connectivity index (χ1v) is 6.96. The lowest BCUT2D eigenvalue weighted by molar-refractivity contribution is -0.150. The molecule has 1 unspecified atom stereocenters. The van der Waals surface area contributed by atoms with E-state index in [-0.39, 0.29) is 11.5 Å². The summed E-state index contributed by atoms with van der Waals surface area (Å²) >= 11 is 0. The smallest absolute Gasteiger partial charge is 0.324 e. The van der Waals surface area contributed by atoms with Crippen molar-refractivity contribution in [2.45, 2.75) is 44.2 Å². The Kier molecular flexibility index (Phi) is 4.59. The van der Waals surface area contributed by atoms with Crippen LogP contribution in [-0.4, -0.2) is 55.4 Å². The predicted octanol–water partition coefficient (Wildman–Crippen LogP) is 0.522. The van der Waals surface area contributed by atoms with Gasteiger partial charge >= 0.3 is 5.97 Å². The van der Waals surface area contributed by atoms with Gasteiger partial charge in [-0.05, 0) is 19.8 Å². The van der Waals surface area contributed by atoms with Gasteiger partial charge in [-0.25, -0.2) is 0 Å². The van der Waals surface area contributed by atoms with E-state index in [1.54, 1.807) is 0 Å². The minimum atomic E-state index is -0.530. The zero-order chi connectivity index (χ0) is 13.0. The molecule has 5 heteroatoms. The lowest BCUT2D eigenvalue weighted by Gasteiger charge is -2.45. The standard InChI is InChI=1S/C13H24N2O3/c1-2-18-12(16)11(14)13(5-3-4-6-13)15-7-9-17-10-8-15/h11H,2-10,14H2,1H3. The van der Waals surface area contributed by atoms with E-state index in [1.807, 2.05) is 6.92 Å². The van der Waals surface area contributed by atoms with Gasteiger partial charge in [0, 0.05) is 18.6 Å². The Hall–Kier alpha value is -0.650. The Morgan fingerprint density at radius 2 is 2.00 bits per heavy atom. The van der Waals surface area contributed by atoms with Gasteiger partial charge in [0.1, 0.15) is 6.04 Å². The molecule has 0 aromatic heterocycles. The molecule has 0 aromatic carbocycles. The topological polar surface area (TPSA) is 64.8 Å². The summed E-state index contributed by atoms with van der Waals surface area (Å²) in [6, 6.07) is -0.530. The highest BCUT2D eigenvalue weighted by Gasteiger charge is 2.48. The molecule has 0 bridgehead atoms. The van der Waals surface area contributed by atoms with Crippen molar-refractivity contribution in [2.75, 3.05) is 32.9 Å². The average Bonchev–Trinajstić information content (AvgIpc) is 2.90. The van der Waals surface area contributed by atoms with Gasteiger partial charge in [0.05, 0.1) is 19.8 Å². The predicted molar refractivity (Wildman–Crippen MR) is 68.2 cm³/mol. The van der Waals surface area contributed by atoms with Crippen molar-refractivity contribution in [3.8, 4) is 0 Å². The van der Waals surface area contributed by atoms with E-state index in [9.17, 15) is 4.79 Å². The van der Waals surface area contributed by atoms with Gasteiger partial charge in [-0.15, -0.1) is 0 Å². The van der Waals surface area contributed by atoms with Crippen LogP contribution in [0, 0.1) is 0 Å². The molecule has 5 nitrogen and oxygen atoms in total. The third kappa shape index (κ3) is 2.53. The summed E-state index contributed by atoms with van der Waals surface area (Å²) in [5, 5.41) is 0. The summed E-state index contributed by atoms with van der Waals surface area (Å²) < 4.78 is 10.5. The number of morpholine rings is 1. The molecular formula is C13H24N2O3. The van der Waals surface area contributed by atoms with Crippen LogP contribution in [0.2, 0.25) is 0 Å². The van der Waals surface area contributed by atoms with Gasteiger partial charge in [0.2, 0.25) is 0 Å². The first kappa shape index (κ1) is 13.8. The van der Waals surface area contributed by atoms with Crippen LogP contribution in [0.1, 0.15) is 32.6 Å². The Morgan fingerprint density at radius 3 is 2.56 bits per heavy atom. The highest BCUT2D eigenvalue weighted by molar-refractivity contribution is 5.77. The van der Waals surface area contributed by atoms with Crippen molar-refractivity contribution in [3.63, 3.8) is 0 Å². The average molecular weight is 256 g/mol. The number of carbonyl (C=O) groups is 1. The fraction of sp³-hybridized carbons (Fsp3) is 0.923. The second-order valence-corrected chi connectivity index (χ2v) is 5.14. The van der Waals surface area contributed by atoms with E-state index in [0.717, 1.165) is 52.0 Å². The highest BCUT2D eigenvalue weighted by Crippen LogP contribution is 2.38. The number of ether oxygens (including phenoxy) is 2. The number of hydrogen-bond donors (Lipinski definition) is 1. The second kappa shape index (κ2) is 5.99. The van der Waals surface area contributed by atoms with Gasteiger partial charge in [-0.2, -0.15) is 0 Å². The van der Waals surface area contributed by atoms with Gasteiger partial charge in [0.25, 0.3) is 0 Å². The van der Waals surface area contributed by atoms with Crippen LogP contribution in [0.4, 0.5) is 0 Å². The molecule has 2 rings (SSSR count). The summed E-state index contributed by atoms with van der Waals surface area (Å²) in [6.07, 6.45) is 4.27. The number of nitrogens with zero attached hydrogens (tertiary/aromatic N) is 1. The number of esters is 1. The molecule has 1 saturated carbocycles. The molecule has 2 fully saturated rings. The van der Waals surface area contributed by atoms with Crippen LogP contribution >= 0.6 is 0 Å². The fourth-order valence-corrected chi connectivity index (χ4v) is 3.27. The molecule has 0 spiro atoms. The monoisotopic (exact) mass is 256 g/mol. The summed E-state index contributed by atoms with van der Waals surface area (Å²) in [5.74, 6) is -0.258. The zero-order valence-corrected chi connectivity index (χ0v) is 11.2. The van der Waals surface area contributed by atoms with Crippen molar-refractivity contribution >= 4 is 5.97 Å². The Morgan fingerprint density at radius 1 is 1.39 bits per heavy atom. The maximum Gasteiger partial charge on any atom is 0.324 e. The molecule has 0 aromatic rings. The third-order valence-electron chi connectivity index (χ3n) is 4.23. The third-order valence-corrected chi connectivity index (χ3v) is 4.23. The quantitative estimate of drug-likeness (QED) is 0.743. The number of rotatable bonds is 4. The molecule has 2 N–H and O–H groups in total. The molecule has 104 valence electrons. The minimum absolute atomic E-state index is 0.198. The zero-order valence-electron chi connectivity index (χ0n) is 11.2. The SMILES string of the molecule is CCOC(=O)C(N)C1(N2CCOCC2)CCCC1. The molecule has 1 saturated heterocycles. The molecule has 0 radical (unpaired) electrons. The van der Waals surface area contributed by atoms with Crippen molar-refractivity contribution in [2.24, 2.45) is 5.73 Å². The van der Waals surface area contributed by atoms with Gasteiger partial charge in [0.15, 0.2) is 0 Å². The van der Waals surface area contributed by atoms with E-state index in [4.69, 9.17) is 15.2 Å². The lowest BCUT2D eigenvalue weighted by atomic mass is 9.86. The summed E-state index contributed by atoms with van der Waals surface area (Å²) in [5.41, 5.74) is 6.02. The first-order valence-electron chi connectivity index (χ1n) is 6.96. The van der Waals surface area contributed by atoms with Crippen molar-refractivity contribution < 1.29 is 14.3 Å². The molecule has 1 atom stereocenters. The van der Waals surface area contributed by atoms with E-state index in [1.165, 1.54) is 0 Å². The van der Waals surface area contributed by atoms with Crippen LogP contribution in [0.3, 0.4) is 0 Å². The van der Waals surface area contributed by atoms with E-state index in [0.29, 0.717) is 6.61 Å². The van der Waals surface area contributed by atoms with Crippen LogP contribution in [0.25, 0.3) is 0 Å². The maximum absolute atomic E-state index is 12.0. The molecule has 1 aliphatic carbocycles. The molecular weight excluding hydrogens is 232 g/mol. The van der Waals surface area contributed by atoms with Crippen LogP contribution in [0.15, 0.2) is 0 Å². The Bertz CT molecular complexity index is 284. The van der Waals surface area contributed by atoms with Gasteiger partial charge in [-0.3, -0.25) is 9.69 Å². The molecule has 2 aliphatic rings. The number of hydrogen-bond acceptors (Lipinski definition) is 5. The summed E-state index contributed by atoms with van der Waals surface area (Å²) in [4.78, 5) is 14.3. The largest absolute Gasteiger partial charge is 0.465 e. The Balaban J connectivity index is 2.12. The Labute approximate surface area is 109 Å². The molecule has 1 heterocycles. The van der Waals surface area contributed by atoms with Crippen LogP contribution in [0.5, 0.6) is 0 Å². The normalized spacial score (nSPS) is 25.9. The van der Waals surface area contributed by atoms with Crippen LogP contribution < -0.4 is 5.73 Å². The molecule has 1 aliphatic heterocycles. The molecule has 0 amide bonds.